The van der Waals surface area contributed by atoms with E-state index in [0.29, 0.717) is 0 Å². The highest BCUT2D eigenvalue weighted by atomic mass is 15.0. The fourth-order valence-corrected chi connectivity index (χ4v) is 2.26. The maximum absolute atomic E-state index is 9.27. The topological polar surface area (TPSA) is 35.8 Å². The van der Waals surface area contributed by atoms with E-state index in [1.165, 1.54) is 6.42 Å². The molecule has 0 aliphatic heterocycles. The molecule has 0 aromatic rings. The Bertz CT molecular complexity index is 215. The van der Waals surface area contributed by atoms with Gasteiger partial charge in [-0.1, -0.05) is 20.8 Å². The van der Waals surface area contributed by atoms with Crippen LogP contribution in [0.5, 0.6) is 0 Å². The Balaban J connectivity index is 2.75. The van der Waals surface area contributed by atoms with E-state index >= 15 is 0 Å². The second kappa shape index (κ2) is 3.67. The van der Waals surface area contributed by atoms with Crippen LogP contribution < -0.4 is 5.32 Å². The summed E-state index contributed by atoms with van der Waals surface area (Å²) < 4.78 is 0. The number of hydrogen-bond donors (Lipinski definition) is 1. The number of nitriles is 1. The first-order chi connectivity index (χ1) is 6.08. The summed E-state index contributed by atoms with van der Waals surface area (Å²) in [6.45, 7) is 7.49. The van der Waals surface area contributed by atoms with E-state index in [0.717, 1.165) is 25.8 Å². The van der Waals surface area contributed by atoms with Gasteiger partial charge in [0, 0.05) is 0 Å². The van der Waals surface area contributed by atoms with Crippen LogP contribution in [-0.2, 0) is 0 Å². The molecule has 0 amide bonds. The van der Waals surface area contributed by atoms with Crippen molar-refractivity contribution in [3.63, 3.8) is 0 Å². The third-order valence-electron chi connectivity index (χ3n) is 3.38. The number of hydrogen-bond acceptors (Lipinski definition) is 2. The van der Waals surface area contributed by atoms with Gasteiger partial charge in [0.15, 0.2) is 0 Å². The van der Waals surface area contributed by atoms with Crippen molar-refractivity contribution in [1.29, 1.82) is 5.26 Å². The first-order valence-corrected chi connectivity index (χ1v) is 5.24. The molecule has 1 N–H and O–H groups in total. The molecule has 0 aromatic carbocycles. The highest BCUT2D eigenvalue weighted by Gasteiger charge is 2.48. The van der Waals surface area contributed by atoms with Gasteiger partial charge in [0.25, 0.3) is 0 Å². The van der Waals surface area contributed by atoms with Gasteiger partial charge in [0.05, 0.1) is 6.07 Å². The Morgan fingerprint density at radius 1 is 1.38 bits per heavy atom. The van der Waals surface area contributed by atoms with Crippen LogP contribution in [0.3, 0.4) is 0 Å². The van der Waals surface area contributed by atoms with Crippen molar-refractivity contribution in [2.75, 3.05) is 6.54 Å². The average molecular weight is 180 g/mol. The van der Waals surface area contributed by atoms with Gasteiger partial charge in [-0.15, -0.1) is 0 Å². The van der Waals surface area contributed by atoms with Crippen LogP contribution in [0.25, 0.3) is 0 Å². The minimum Gasteiger partial charge on any atom is -0.299 e. The lowest BCUT2D eigenvalue weighted by molar-refractivity contribution is 0.216. The summed E-state index contributed by atoms with van der Waals surface area (Å²) in [4.78, 5) is 0. The zero-order chi connectivity index (χ0) is 9.95. The second-order valence-electron chi connectivity index (χ2n) is 4.68. The molecule has 2 heteroatoms. The first-order valence-electron chi connectivity index (χ1n) is 5.24. The molecule has 0 bridgehead atoms. The Labute approximate surface area is 81.3 Å². The highest BCUT2D eigenvalue weighted by Crippen LogP contribution is 2.45. The van der Waals surface area contributed by atoms with Crippen molar-refractivity contribution in [2.24, 2.45) is 5.41 Å². The van der Waals surface area contributed by atoms with Crippen molar-refractivity contribution in [3.8, 4) is 6.07 Å². The number of nitrogens with one attached hydrogen (secondary N) is 1. The summed E-state index contributed by atoms with van der Waals surface area (Å²) in [6, 6.07) is 2.49. The van der Waals surface area contributed by atoms with Gasteiger partial charge in [0.1, 0.15) is 5.54 Å². The molecule has 1 saturated carbocycles. The molecule has 74 valence electrons. The summed E-state index contributed by atoms with van der Waals surface area (Å²) >= 11 is 0. The summed E-state index contributed by atoms with van der Waals surface area (Å²) in [5.74, 6) is 0. The van der Waals surface area contributed by atoms with E-state index in [1.54, 1.807) is 0 Å². The van der Waals surface area contributed by atoms with Crippen LogP contribution in [0.1, 0.15) is 46.5 Å². The standard InChI is InChI=1S/C11H20N2/c1-4-8-13-11(9-12)7-5-6-10(11,2)3/h13H,4-8H2,1-3H3. The molecule has 13 heavy (non-hydrogen) atoms. The lowest BCUT2D eigenvalue weighted by atomic mass is 9.76. The van der Waals surface area contributed by atoms with E-state index in [4.69, 9.17) is 0 Å². The van der Waals surface area contributed by atoms with Crippen molar-refractivity contribution in [1.82, 2.24) is 5.32 Å². The normalized spacial score (nSPS) is 31.5. The molecule has 2 nitrogen and oxygen atoms in total. The maximum atomic E-state index is 9.27. The van der Waals surface area contributed by atoms with Gasteiger partial charge in [-0.05, 0) is 37.6 Å². The fraction of sp³-hybridized carbons (Fsp3) is 0.909. The number of nitrogens with zero attached hydrogens (tertiary/aromatic N) is 1. The van der Waals surface area contributed by atoms with Gasteiger partial charge in [-0.3, -0.25) is 5.32 Å². The summed E-state index contributed by atoms with van der Waals surface area (Å²) in [7, 11) is 0. The van der Waals surface area contributed by atoms with Gasteiger partial charge >= 0.3 is 0 Å². The van der Waals surface area contributed by atoms with Crippen molar-refractivity contribution >= 4 is 0 Å². The minimum atomic E-state index is -0.261. The Kier molecular flexibility index (Phi) is 2.98. The van der Waals surface area contributed by atoms with E-state index < -0.39 is 0 Å². The molecule has 0 spiro atoms. The molecule has 1 aliphatic rings. The molecule has 1 atom stereocenters. The lowest BCUT2D eigenvalue weighted by Crippen LogP contribution is -2.51. The second-order valence-corrected chi connectivity index (χ2v) is 4.68. The van der Waals surface area contributed by atoms with Crippen LogP contribution in [0.4, 0.5) is 0 Å². The van der Waals surface area contributed by atoms with Gasteiger partial charge < -0.3 is 0 Å². The SMILES string of the molecule is CCCNC1(C#N)CCCC1(C)C. The molecule has 1 unspecified atom stereocenters. The zero-order valence-electron chi connectivity index (χ0n) is 8.98. The third-order valence-corrected chi connectivity index (χ3v) is 3.38. The predicted octanol–water partition coefficient (Wildman–Crippen LogP) is 2.46. The molecular weight excluding hydrogens is 160 g/mol. The molecule has 1 aliphatic carbocycles. The molecule has 1 fully saturated rings. The van der Waals surface area contributed by atoms with Crippen LogP contribution >= 0.6 is 0 Å². The first kappa shape index (κ1) is 10.5. The molecule has 1 rings (SSSR count). The largest absolute Gasteiger partial charge is 0.299 e. The highest BCUT2D eigenvalue weighted by molar-refractivity contribution is 5.18. The zero-order valence-corrected chi connectivity index (χ0v) is 8.98. The van der Waals surface area contributed by atoms with Crippen LogP contribution in [0.15, 0.2) is 0 Å². The fourth-order valence-electron chi connectivity index (χ4n) is 2.26. The van der Waals surface area contributed by atoms with Crippen LogP contribution in [0.2, 0.25) is 0 Å². The monoisotopic (exact) mass is 180 g/mol. The molecule has 0 saturated heterocycles. The predicted molar refractivity (Wildman–Crippen MR) is 54.3 cm³/mol. The van der Waals surface area contributed by atoms with E-state index in [2.05, 4.69) is 32.2 Å². The Hall–Kier alpha value is -0.550. The van der Waals surface area contributed by atoms with E-state index in [-0.39, 0.29) is 11.0 Å². The quantitative estimate of drug-likeness (QED) is 0.724. The molecule has 0 radical (unpaired) electrons. The summed E-state index contributed by atoms with van der Waals surface area (Å²) in [5, 5.41) is 12.7. The van der Waals surface area contributed by atoms with Gasteiger partial charge in [-0.25, -0.2) is 0 Å². The maximum Gasteiger partial charge on any atom is 0.111 e. The third kappa shape index (κ3) is 1.71. The summed E-state index contributed by atoms with van der Waals surface area (Å²) in [6.07, 6.45) is 4.45. The molecule has 0 heterocycles. The Morgan fingerprint density at radius 3 is 2.46 bits per heavy atom. The Morgan fingerprint density at radius 2 is 2.08 bits per heavy atom. The molecule has 0 aromatic heterocycles. The lowest BCUT2D eigenvalue weighted by Gasteiger charge is -2.36. The number of rotatable bonds is 3. The minimum absolute atomic E-state index is 0.136. The average Bonchev–Trinajstić information content (AvgIpc) is 2.38. The van der Waals surface area contributed by atoms with E-state index in [9.17, 15) is 5.26 Å². The van der Waals surface area contributed by atoms with Gasteiger partial charge in [-0.2, -0.15) is 5.26 Å². The van der Waals surface area contributed by atoms with Crippen molar-refractivity contribution < 1.29 is 0 Å². The van der Waals surface area contributed by atoms with Crippen LogP contribution in [-0.4, -0.2) is 12.1 Å². The van der Waals surface area contributed by atoms with E-state index in [1.807, 2.05) is 0 Å². The smallest absolute Gasteiger partial charge is 0.111 e. The van der Waals surface area contributed by atoms with Crippen molar-refractivity contribution in [2.45, 2.75) is 52.0 Å². The van der Waals surface area contributed by atoms with Gasteiger partial charge in [0.2, 0.25) is 0 Å². The van der Waals surface area contributed by atoms with Crippen LogP contribution in [0, 0.1) is 16.7 Å². The van der Waals surface area contributed by atoms with Crippen molar-refractivity contribution in [3.05, 3.63) is 0 Å². The summed E-state index contributed by atoms with van der Waals surface area (Å²) in [5.41, 5.74) is -0.125. The molecular formula is C11H20N2.